The van der Waals surface area contributed by atoms with Crippen LogP contribution in [0.25, 0.3) is 0 Å². The van der Waals surface area contributed by atoms with E-state index in [1.165, 1.54) is 19.3 Å². The maximum Gasteiger partial charge on any atom is 0.222 e. The van der Waals surface area contributed by atoms with E-state index in [1.807, 2.05) is 17.0 Å². The summed E-state index contributed by atoms with van der Waals surface area (Å²) in [6.45, 7) is 5.22. The van der Waals surface area contributed by atoms with Gasteiger partial charge in [-0.15, -0.1) is 0 Å². The molecule has 1 aliphatic heterocycles. The Morgan fingerprint density at radius 2 is 2.12 bits per heavy atom. The lowest BCUT2D eigenvalue weighted by atomic mass is 10.1. The van der Waals surface area contributed by atoms with Crippen LogP contribution >= 0.6 is 0 Å². The van der Waals surface area contributed by atoms with Crippen molar-refractivity contribution >= 4 is 11.9 Å². The highest BCUT2D eigenvalue weighted by atomic mass is 16.2. The number of hydrogen-bond donors (Lipinski definition) is 2. The number of hydrogen-bond acceptors (Lipinski definition) is 2. The first kappa shape index (κ1) is 18.3. The molecule has 24 heavy (non-hydrogen) atoms. The predicted octanol–water partition coefficient (Wildman–Crippen LogP) is 2.79. The highest BCUT2D eigenvalue weighted by Crippen LogP contribution is 2.15. The van der Waals surface area contributed by atoms with Crippen molar-refractivity contribution in [3.63, 3.8) is 0 Å². The SMILES string of the molecule is CCCCCCNC(N)=NCc1cccc(CN2CCCC2=O)c1. The highest BCUT2D eigenvalue weighted by molar-refractivity contribution is 5.78. The molecular formula is C19H30N4O. The average Bonchev–Trinajstić information content (AvgIpc) is 2.98. The topological polar surface area (TPSA) is 70.7 Å². The van der Waals surface area contributed by atoms with Crippen LogP contribution in [0.4, 0.5) is 0 Å². The van der Waals surface area contributed by atoms with Crippen molar-refractivity contribution < 1.29 is 4.79 Å². The quantitative estimate of drug-likeness (QED) is 0.415. The molecule has 5 nitrogen and oxygen atoms in total. The smallest absolute Gasteiger partial charge is 0.222 e. The summed E-state index contributed by atoms with van der Waals surface area (Å²) in [6.07, 6.45) is 6.53. The lowest BCUT2D eigenvalue weighted by Crippen LogP contribution is -2.32. The molecule has 5 heteroatoms. The molecular weight excluding hydrogens is 300 g/mol. The molecule has 0 aromatic heterocycles. The molecule has 2 rings (SSSR count). The summed E-state index contributed by atoms with van der Waals surface area (Å²) < 4.78 is 0. The molecule has 1 aromatic rings. The van der Waals surface area contributed by atoms with Crippen LogP contribution in [0.3, 0.4) is 0 Å². The Bertz CT molecular complexity index is 556. The molecule has 1 fully saturated rings. The van der Waals surface area contributed by atoms with Crippen LogP contribution < -0.4 is 11.1 Å². The van der Waals surface area contributed by atoms with Crippen LogP contribution in [0.2, 0.25) is 0 Å². The van der Waals surface area contributed by atoms with Gasteiger partial charge in [0.15, 0.2) is 5.96 Å². The van der Waals surface area contributed by atoms with Crippen molar-refractivity contribution in [2.75, 3.05) is 13.1 Å². The first-order chi connectivity index (χ1) is 11.7. The van der Waals surface area contributed by atoms with Gasteiger partial charge in [-0.1, -0.05) is 50.5 Å². The van der Waals surface area contributed by atoms with Gasteiger partial charge in [-0.05, 0) is 24.0 Å². The monoisotopic (exact) mass is 330 g/mol. The minimum Gasteiger partial charge on any atom is -0.370 e. The van der Waals surface area contributed by atoms with Crippen molar-refractivity contribution in [2.45, 2.75) is 58.5 Å². The Morgan fingerprint density at radius 1 is 1.29 bits per heavy atom. The van der Waals surface area contributed by atoms with Gasteiger partial charge in [0.1, 0.15) is 0 Å². The van der Waals surface area contributed by atoms with Gasteiger partial charge in [0.05, 0.1) is 6.54 Å². The molecule has 0 bridgehead atoms. The number of carbonyl (C=O) groups excluding carboxylic acids is 1. The fraction of sp³-hybridized carbons (Fsp3) is 0.579. The largest absolute Gasteiger partial charge is 0.370 e. The van der Waals surface area contributed by atoms with Gasteiger partial charge in [-0.25, -0.2) is 4.99 Å². The molecule has 0 saturated carbocycles. The minimum atomic E-state index is 0.259. The van der Waals surface area contributed by atoms with Crippen molar-refractivity contribution in [1.82, 2.24) is 10.2 Å². The molecule has 0 spiro atoms. The Hall–Kier alpha value is -2.04. The first-order valence-corrected chi connectivity index (χ1v) is 9.08. The summed E-state index contributed by atoms with van der Waals surface area (Å²) in [4.78, 5) is 18.1. The number of rotatable bonds is 9. The zero-order valence-corrected chi connectivity index (χ0v) is 14.8. The fourth-order valence-corrected chi connectivity index (χ4v) is 2.92. The molecule has 1 heterocycles. The van der Waals surface area contributed by atoms with Crippen LogP contribution in [0, 0.1) is 0 Å². The summed E-state index contributed by atoms with van der Waals surface area (Å²) in [5, 5.41) is 3.17. The number of guanidine groups is 1. The van der Waals surface area contributed by atoms with Crippen LogP contribution in [0.1, 0.15) is 56.6 Å². The van der Waals surface area contributed by atoms with Crippen LogP contribution in [-0.4, -0.2) is 29.9 Å². The maximum absolute atomic E-state index is 11.7. The minimum absolute atomic E-state index is 0.259. The number of likely N-dealkylation sites (tertiary alicyclic amines) is 1. The number of unbranched alkanes of at least 4 members (excludes halogenated alkanes) is 3. The summed E-state index contributed by atoms with van der Waals surface area (Å²) in [5.74, 6) is 0.765. The Labute approximate surface area is 145 Å². The number of carbonyl (C=O) groups is 1. The Kier molecular flexibility index (Phi) is 7.59. The van der Waals surface area contributed by atoms with Crippen molar-refractivity contribution in [3.05, 3.63) is 35.4 Å². The van der Waals surface area contributed by atoms with Crippen molar-refractivity contribution in [1.29, 1.82) is 0 Å². The van der Waals surface area contributed by atoms with Gasteiger partial charge in [0.2, 0.25) is 5.91 Å². The van der Waals surface area contributed by atoms with Crippen LogP contribution in [0.5, 0.6) is 0 Å². The summed E-state index contributed by atoms with van der Waals surface area (Å²) >= 11 is 0. The zero-order valence-electron chi connectivity index (χ0n) is 14.8. The number of aliphatic imine (C=N–C) groups is 1. The van der Waals surface area contributed by atoms with E-state index in [0.29, 0.717) is 25.5 Å². The molecule has 1 amide bonds. The van der Waals surface area contributed by atoms with Crippen LogP contribution in [0.15, 0.2) is 29.3 Å². The van der Waals surface area contributed by atoms with Gasteiger partial charge < -0.3 is 16.0 Å². The van der Waals surface area contributed by atoms with Crippen LogP contribution in [-0.2, 0) is 17.9 Å². The highest BCUT2D eigenvalue weighted by Gasteiger charge is 2.19. The standard InChI is InChI=1S/C19H30N4O/c1-2-3-4-5-11-21-19(20)22-14-16-8-6-9-17(13-16)15-23-12-7-10-18(23)24/h6,8-9,13H,2-5,7,10-12,14-15H2,1H3,(H3,20,21,22). The molecule has 132 valence electrons. The average molecular weight is 330 g/mol. The van der Waals surface area contributed by atoms with Crippen molar-refractivity contribution in [2.24, 2.45) is 10.7 Å². The second-order valence-electron chi connectivity index (χ2n) is 6.43. The first-order valence-electron chi connectivity index (χ1n) is 9.08. The Morgan fingerprint density at radius 3 is 2.88 bits per heavy atom. The predicted molar refractivity (Wildman–Crippen MR) is 98.6 cm³/mol. The number of nitrogens with zero attached hydrogens (tertiary/aromatic N) is 2. The molecule has 0 aliphatic carbocycles. The van der Waals surface area contributed by atoms with E-state index in [-0.39, 0.29) is 5.91 Å². The second-order valence-corrected chi connectivity index (χ2v) is 6.43. The summed E-state index contributed by atoms with van der Waals surface area (Å²) in [5.41, 5.74) is 8.19. The third kappa shape index (κ3) is 6.22. The van der Waals surface area contributed by atoms with Gasteiger partial charge in [-0.2, -0.15) is 0 Å². The maximum atomic E-state index is 11.7. The molecule has 0 atom stereocenters. The zero-order chi connectivity index (χ0) is 17.2. The number of benzene rings is 1. The fourth-order valence-electron chi connectivity index (χ4n) is 2.92. The van der Waals surface area contributed by atoms with Gasteiger partial charge >= 0.3 is 0 Å². The van der Waals surface area contributed by atoms with E-state index >= 15 is 0 Å². The lowest BCUT2D eigenvalue weighted by molar-refractivity contribution is -0.128. The van der Waals surface area contributed by atoms with E-state index in [1.54, 1.807) is 0 Å². The molecule has 1 aromatic carbocycles. The van der Waals surface area contributed by atoms with Gasteiger partial charge in [-0.3, -0.25) is 4.79 Å². The third-order valence-electron chi connectivity index (χ3n) is 4.30. The molecule has 0 radical (unpaired) electrons. The van der Waals surface area contributed by atoms with E-state index in [2.05, 4.69) is 29.4 Å². The molecule has 1 aliphatic rings. The van der Waals surface area contributed by atoms with E-state index in [0.717, 1.165) is 37.1 Å². The molecule has 3 N–H and O–H groups in total. The van der Waals surface area contributed by atoms with Gasteiger partial charge in [0.25, 0.3) is 0 Å². The molecule has 1 saturated heterocycles. The van der Waals surface area contributed by atoms with E-state index in [9.17, 15) is 4.79 Å². The number of nitrogens with two attached hydrogens (primary N) is 1. The second kappa shape index (κ2) is 9.96. The summed E-state index contributed by atoms with van der Waals surface area (Å²) in [6, 6.07) is 8.25. The lowest BCUT2D eigenvalue weighted by Gasteiger charge is -2.15. The van der Waals surface area contributed by atoms with E-state index < -0.39 is 0 Å². The normalized spacial score (nSPS) is 15.1. The molecule has 0 unspecified atom stereocenters. The van der Waals surface area contributed by atoms with Gasteiger partial charge in [0, 0.05) is 26.1 Å². The summed E-state index contributed by atoms with van der Waals surface area (Å²) in [7, 11) is 0. The van der Waals surface area contributed by atoms with E-state index in [4.69, 9.17) is 5.73 Å². The Balaban J connectivity index is 1.78. The number of amides is 1. The third-order valence-corrected chi connectivity index (χ3v) is 4.30. The van der Waals surface area contributed by atoms with Crippen molar-refractivity contribution in [3.8, 4) is 0 Å². The number of nitrogens with one attached hydrogen (secondary N) is 1.